The van der Waals surface area contributed by atoms with E-state index in [-0.39, 0.29) is 23.6 Å². The molecule has 0 radical (unpaired) electrons. The third-order valence-corrected chi connectivity index (χ3v) is 7.29. The zero-order valence-corrected chi connectivity index (χ0v) is 24.3. The van der Waals surface area contributed by atoms with Gasteiger partial charge in [-0.3, -0.25) is 4.79 Å². The number of rotatable bonds is 7. The Morgan fingerprint density at radius 2 is 1.78 bits per heavy atom. The second-order valence-electron chi connectivity index (χ2n) is 9.08. The van der Waals surface area contributed by atoms with Crippen molar-refractivity contribution in [2.24, 2.45) is 5.10 Å². The van der Waals surface area contributed by atoms with Crippen molar-refractivity contribution in [3.63, 3.8) is 0 Å². The lowest BCUT2D eigenvalue weighted by Crippen LogP contribution is -2.20. The van der Waals surface area contributed by atoms with Crippen LogP contribution in [0.2, 0.25) is 0 Å². The maximum absolute atomic E-state index is 13.6. The normalized spacial score (nSPS) is 11.5. The van der Waals surface area contributed by atoms with Gasteiger partial charge >= 0.3 is 5.97 Å². The van der Waals surface area contributed by atoms with Crippen molar-refractivity contribution < 1.29 is 19.1 Å². The van der Waals surface area contributed by atoms with Crippen molar-refractivity contribution in [1.82, 2.24) is 9.66 Å². The van der Waals surface area contributed by atoms with Gasteiger partial charge in [-0.15, -0.1) is 0 Å². The SMILES string of the molecule is O=C(O)c1cccc(COc2ccc(Br)cc2C=Nn2c(-c3cc4cc(Br)ccc4o3)nc3ccccc3c2=O)c1. The molecular formula is C31H19Br2N3O5. The van der Waals surface area contributed by atoms with Crippen LogP contribution in [0.15, 0.2) is 114 Å². The minimum Gasteiger partial charge on any atom is -0.488 e. The number of ether oxygens (including phenoxy) is 1. The first-order valence-corrected chi connectivity index (χ1v) is 13.9. The van der Waals surface area contributed by atoms with Gasteiger partial charge in [0.2, 0.25) is 5.82 Å². The van der Waals surface area contributed by atoms with Crippen LogP contribution in [0.5, 0.6) is 5.75 Å². The number of hydrogen-bond donors (Lipinski definition) is 1. The third-order valence-electron chi connectivity index (χ3n) is 6.30. The summed E-state index contributed by atoms with van der Waals surface area (Å²) in [4.78, 5) is 29.7. The molecule has 0 unspecified atom stereocenters. The summed E-state index contributed by atoms with van der Waals surface area (Å²) in [6.45, 7) is 0.140. The van der Waals surface area contributed by atoms with Gasteiger partial charge in [0.05, 0.1) is 22.7 Å². The minimum absolute atomic E-state index is 0.140. The molecule has 1 N–H and O–H groups in total. The summed E-state index contributed by atoms with van der Waals surface area (Å²) in [5.41, 5.74) is 2.29. The molecule has 0 fully saturated rings. The van der Waals surface area contributed by atoms with Gasteiger partial charge in [0, 0.05) is 19.9 Å². The number of carbonyl (C=O) groups is 1. The Labute approximate surface area is 249 Å². The highest BCUT2D eigenvalue weighted by Gasteiger charge is 2.17. The number of para-hydroxylation sites is 1. The van der Waals surface area contributed by atoms with Crippen molar-refractivity contribution in [2.75, 3.05) is 0 Å². The zero-order chi connectivity index (χ0) is 28.5. The fraction of sp³-hybridized carbons (Fsp3) is 0.0323. The Kier molecular flexibility index (Phi) is 7.25. The van der Waals surface area contributed by atoms with E-state index in [0.29, 0.717) is 39.1 Å². The highest BCUT2D eigenvalue weighted by Crippen LogP contribution is 2.29. The summed E-state index contributed by atoms with van der Waals surface area (Å²) in [5.74, 6) is 0.127. The van der Waals surface area contributed by atoms with Gasteiger partial charge < -0.3 is 14.3 Å². The lowest BCUT2D eigenvalue weighted by molar-refractivity contribution is 0.0696. The van der Waals surface area contributed by atoms with Crippen LogP contribution >= 0.6 is 31.9 Å². The maximum Gasteiger partial charge on any atom is 0.335 e. The van der Waals surface area contributed by atoms with E-state index in [1.165, 1.54) is 17.0 Å². The maximum atomic E-state index is 13.6. The van der Waals surface area contributed by atoms with Crippen molar-refractivity contribution >= 4 is 65.9 Å². The molecule has 2 aromatic heterocycles. The quantitative estimate of drug-likeness (QED) is 0.176. The molecule has 0 amide bonds. The molecule has 202 valence electrons. The molecule has 6 aromatic rings. The molecule has 41 heavy (non-hydrogen) atoms. The number of aromatic nitrogens is 2. The predicted octanol–water partition coefficient (Wildman–Crippen LogP) is 7.49. The Balaban J connectivity index is 1.41. The van der Waals surface area contributed by atoms with E-state index in [9.17, 15) is 14.7 Å². The van der Waals surface area contributed by atoms with Crippen molar-refractivity contribution in [1.29, 1.82) is 0 Å². The molecule has 2 heterocycles. The summed E-state index contributed by atoms with van der Waals surface area (Å²) in [5, 5.41) is 15.1. The molecule has 10 heteroatoms. The number of hydrogen-bond acceptors (Lipinski definition) is 6. The minimum atomic E-state index is -1.01. The van der Waals surface area contributed by atoms with Crippen LogP contribution in [0.3, 0.4) is 0 Å². The number of fused-ring (bicyclic) bond motifs is 2. The summed E-state index contributed by atoms with van der Waals surface area (Å²) < 4.78 is 15.0. The van der Waals surface area contributed by atoms with Gasteiger partial charge in [0.1, 0.15) is 17.9 Å². The van der Waals surface area contributed by atoms with E-state index in [1.807, 2.05) is 42.5 Å². The monoisotopic (exact) mass is 671 g/mol. The van der Waals surface area contributed by atoms with Crippen molar-refractivity contribution in [2.45, 2.75) is 6.61 Å². The third kappa shape index (κ3) is 5.57. The Hall–Kier alpha value is -4.54. The van der Waals surface area contributed by atoms with Crippen LogP contribution in [0.25, 0.3) is 33.5 Å². The molecule has 0 atom stereocenters. The Bertz CT molecular complexity index is 2050. The van der Waals surface area contributed by atoms with Gasteiger partial charge in [-0.2, -0.15) is 9.78 Å². The molecule has 0 aliphatic heterocycles. The Morgan fingerprint density at radius 1 is 0.976 bits per heavy atom. The highest BCUT2D eigenvalue weighted by atomic mass is 79.9. The first kappa shape index (κ1) is 26.7. The predicted molar refractivity (Wildman–Crippen MR) is 164 cm³/mol. The topological polar surface area (TPSA) is 107 Å². The van der Waals surface area contributed by atoms with Gasteiger partial charge in [-0.1, -0.05) is 56.1 Å². The van der Waals surface area contributed by atoms with E-state index in [2.05, 4.69) is 37.0 Å². The molecule has 0 saturated carbocycles. The summed E-state index contributed by atoms with van der Waals surface area (Å²) in [6, 6.07) is 26.5. The standard InChI is InChI=1S/C31H19Br2N3O5/c32-22-9-11-27-20(13-22)15-28(41-27)29-35-25-7-2-1-6-24(25)30(37)36(29)34-16-21-14-23(33)8-10-26(21)40-17-18-4-3-5-19(12-18)31(38)39/h1-16H,17H2,(H,38,39). The molecule has 0 aliphatic rings. The first-order valence-electron chi connectivity index (χ1n) is 12.4. The lowest BCUT2D eigenvalue weighted by atomic mass is 10.1. The van der Waals surface area contributed by atoms with Gasteiger partial charge in [0.15, 0.2) is 5.76 Å². The van der Waals surface area contributed by atoms with E-state index < -0.39 is 5.97 Å². The zero-order valence-electron chi connectivity index (χ0n) is 21.1. The van der Waals surface area contributed by atoms with Crippen LogP contribution < -0.4 is 10.3 Å². The van der Waals surface area contributed by atoms with Crippen LogP contribution in [0, 0.1) is 0 Å². The summed E-state index contributed by atoms with van der Waals surface area (Å²) in [6.07, 6.45) is 1.52. The molecule has 8 nitrogen and oxygen atoms in total. The smallest absolute Gasteiger partial charge is 0.335 e. The number of nitrogens with zero attached hydrogens (tertiary/aromatic N) is 3. The number of carboxylic acid groups (broad SMARTS) is 1. The second kappa shape index (κ2) is 11.1. The van der Waals surface area contributed by atoms with Gasteiger partial charge in [-0.25, -0.2) is 9.78 Å². The fourth-order valence-electron chi connectivity index (χ4n) is 4.34. The fourth-order valence-corrected chi connectivity index (χ4v) is 5.10. The molecule has 0 saturated heterocycles. The average Bonchev–Trinajstić information content (AvgIpc) is 3.39. The van der Waals surface area contributed by atoms with Crippen molar-refractivity contribution in [3.8, 4) is 17.3 Å². The molecule has 0 bridgehead atoms. The summed E-state index contributed by atoms with van der Waals surface area (Å²) in [7, 11) is 0. The first-order chi connectivity index (χ1) is 19.9. The second-order valence-corrected chi connectivity index (χ2v) is 10.9. The average molecular weight is 673 g/mol. The van der Waals surface area contributed by atoms with E-state index >= 15 is 0 Å². The van der Waals surface area contributed by atoms with E-state index in [4.69, 9.17) is 14.1 Å². The van der Waals surface area contributed by atoms with Crippen LogP contribution in [0.1, 0.15) is 21.5 Å². The number of aromatic carboxylic acids is 1. The largest absolute Gasteiger partial charge is 0.488 e. The number of benzene rings is 4. The highest BCUT2D eigenvalue weighted by molar-refractivity contribution is 9.10. The molecule has 0 aliphatic carbocycles. The number of carboxylic acids is 1. The Morgan fingerprint density at radius 3 is 2.63 bits per heavy atom. The number of halogens is 2. The molecule has 0 spiro atoms. The van der Waals surface area contributed by atoms with Crippen LogP contribution in [0.4, 0.5) is 0 Å². The molecular weight excluding hydrogens is 654 g/mol. The van der Waals surface area contributed by atoms with Gasteiger partial charge in [0.25, 0.3) is 5.56 Å². The summed E-state index contributed by atoms with van der Waals surface area (Å²) >= 11 is 6.96. The van der Waals surface area contributed by atoms with E-state index in [0.717, 1.165) is 14.3 Å². The van der Waals surface area contributed by atoms with Gasteiger partial charge in [-0.05, 0) is 72.3 Å². The molecule has 6 rings (SSSR count). The van der Waals surface area contributed by atoms with E-state index in [1.54, 1.807) is 42.5 Å². The lowest BCUT2D eigenvalue weighted by Gasteiger charge is -2.11. The van der Waals surface area contributed by atoms with Crippen LogP contribution in [-0.2, 0) is 6.61 Å². The molecule has 4 aromatic carbocycles. The number of furan rings is 1. The van der Waals surface area contributed by atoms with Crippen molar-refractivity contribution in [3.05, 3.63) is 127 Å². The van der Waals surface area contributed by atoms with Crippen LogP contribution in [-0.4, -0.2) is 27.0 Å².